The van der Waals surface area contributed by atoms with E-state index in [2.05, 4.69) is 15.5 Å². The quantitative estimate of drug-likeness (QED) is 0.683. The number of urea groups is 1. The van der Waals surface area contributed by atoms with E-state index < -0.39 is 36.3 Å². The molecule has 1 aromatic rings. The molecule has 2 N–H and O–H groups in total. The minimum Gasteiger partial charge on any atom is -0.382 e. The number of hydrogen-bond acceptors (Lipinski definition) is 5. The molecule has 3 amide bonds. The second kappa shape index (κ2) is 8.70. The highest BCUT2D eigenvalue weighted by Crippen LogP contribution is 2.33. The summed E-state index contributed by atoms with van der Waals surface area (Å²) in [7, 11) is 1.34. The molecule has 0 aliphatic carbocycles. The molecule has 0 bridgehead atoms. The van der Waals surface area contributed by atoms with Gasteiger partial charge in [0.05, 0.1) is 19.2 Å². The van der Waals surface area contributed by atoms with E-state index in [0.29, 0.717) is 6.42 Å². The van der Waals surface area contributed by atoms with Gasteiger partial charge in [0.2, 0.25) is 5.91 Å². The zero-order chi connectivity index (χ0) is 22.0. The lowest BCUT2D eigenvalue weighted by molar-refractivity contribution is -0.150. The fourth-order valence-electron chi connectivity index (χ4n) is 2.65. The minimum atomic E-state index is -4.59. The van der Waals surface area contributed by atoms with Gasteiger partial charge in [0.15, 0.2) is 11.0 Å². The Morgan fingerprint density at radius 3 is 2.62 bits per heavy atom. The molecule has 2 heterocycles. The number of nitrogens with one attached hydrogen (secondary N) is 2. The van der Waals surface area contributed by atoms with Crippen LogP contribution in [0.2, 0.25) is 5.15 Å². The summed E-state index contributed by atoms with van der Waals surface area (Å²) in [4.78, 5) is 25.5. The molecule has 0 aromatic carbocycles. The normalized spacial score (nSPS) is 18.6. The summed E-state index contributed by atoms with van der Waals surface area (Å²) in [5.74, 6) is -0.231. The molecule has 1 aliphatic rings. The molecule has 2 rings (SSSR count). The van der Waals surface area contributed by atoms with Crippen LogP contribution in [0.15, 0.2) is 6.07 Å². The lowest BCUT2D eigenvalue weighted by Crippen LogP contribution is -2.40. The zero-order valence-electron chi connectivity index (χ0n) is 16.4. The molecule has 162 valence electrons. The third-order valence-electron chi connectivity index (χ3n) is 4.91. The summed E-state index contributed by atoms with van der Waals surface area (Å²) in [5, 5.41) is 12.0. The van der Waals surface area contributed by atoms with Crippen LogP contribution in [-0.4, -0.2) is 59.5 Å². The molecular weight excluding hydrogens is 415 g/mol. The summed E-state index contributed by atoms with van der Waals surface area (Å²) in [6, 6.07) is -2.48. The van der Waals surface area contributed by atoms with Crippen LogP contribution in [0.3, 0.4) is 0 Å². The molecular formula is C17H23ClF3N5O3. The van der Waals surface area contributed by atoms with Crippen molar-refractivity contribution >= 4 is 29.4 Å². The van der Waals surface area contributed by atoms with E-state index in [4.69, 9.17) is 16.3 Å². The molecule has 1 aliphatic heterocycles. The Balaban J connectivity index is 2.33. The Morgan fingerprint density at radius 1 is 1.45 bits per heavy atom. The fraction of sp³-hybridized carbons (Fsp3) is 0.647. The van der Waals surface area contributed by atoms with E-state index in [1.54, 1.807) is 13.8 Å². The maximum absolute atomic E-state index is 13.0. The third kappa shape index (κ3) is 5.27. The Hall–Kier alpha value is -2.14. The van der Waals surface area contributed by atoms with E-state index in [1.807, 2.05) is 12.2 Å². The number of hydrogen-bond donors (Lipinski definition) is 2. The Labute approximate surface area is 171 Å². The van der Waals surface area contributed by atoms with Gasteiger partial charge in [0.25, 0.3) is 0 Å². The lowest BCUT2D eigenvalue weighted by atomic mass is 9.89. The Bertz CT molecular complexity index is 775. The van der Waals surface area contributed by atoms with E-state index >= 15 is 0 Å². The van der Waals surface area contributed by atoms with Crippen LogP contribution in [0, 0.1) is 5.41 Å². The maximum atomic E-state index is 13.0. The highest BCUT2D eigenvalue weighted by molar-refractivity contribution is 6.30. The third-order valence-corrected chi connectivity index (χ3v) is 5.20. The number of halogens is 4. The maximum Gasteiger partial charge on any atom is 0.410 e. The number of amides is 3. The SMILES string of the molecule is CCC(C)(C)C(=O)Nc1cc(C(COC)N2C[C@@H](C(F)(F)F)NC2=O)c(Cl)nn1. The number of aromatic nitrogens is 2. The van der Waals surface area contributed by atoms with Crippen LogP contribution in [0.5, 0.6) is 0 Å². The number of methoxy groups -OCH3 is 1. The molecule has 1 aromatic heterocycles. The van der Waals surface area contributed by atoms with Gasteiger partial charge in [-0.05, 0) is 12.5 Å². The van der Waals surface area contributed by atoms with E-state index in [0.717, 1.165) is 4.90 Å². The molecule has 1 fully saturated rings. The number of nitrogens with zero attached hydrogens (tertiary/aromatic N) is 3. The van der Waals surface area contributed by atoms with Crippen molar-refractivity contribution in [3.05, 3.63) is 16.8 Å². The molecule has 8 nitrogen and oxygen atoms in total. The summed E-state index contributed by atoms with van der Waals surface area (Å²) >= 11 is 6.11. The van der Waals surface area contributed by atoms with Crippen molar-refractivity contribution in [2.24, 2.45) is 5.41 Å². The molecule has 0 saturated carbocycles. The minimum absolute atomic E-state index is 0.0732. The summed E-state index contributed by atoms with van der Waals surface area (Å²) in [6.45, 7) is 4.63. The Kier molecular flexibility index (Phi) is 6.94. The summed E-state index contributed by atoms with van der Waals surface area (Å²) < 4.78 is 44.2. The Morgan fingerprint density at radius 2 is 2.10 bits per heavy atom. The fourth-order valence-corrected chi connectivity index (χ4v) is 2.87. The van der Waals surface area contributed by atoms with Crippen LogP contribution in [-0.2, 0) is 9.53 Å². The second-order valence-corrected chi connectivity index (χ2v) is 7.69. The summed E-state index contributed by atoms with van der Waals surface area (Å²) in [5.41, 5.74) is -0.451. The number of carbonyl (C=O) groups excluding carboxylic acids is 2. The van der Waals surface area contributed by atoms with Crippen molar-refractivity contribution in [1.82, 2.24) is 20.4 Å². The van der Waals surface area contributed by atoms with Crippen molar-refractivity contribution in [3.63, 3.8) is 0 Å². The van der Waals surface area contributed by atoms with E-state index in [-0.39, 0.29) is 29.0 Å². The predicted molar refractivity (Wildman–Crippen MR) is 99.4 cm³/mol. The second-order valence-electron chi connectivity index (χ2n) is 7.33. The molecule has 1 unspecified atom stereocenters. The van der Waals surface area contributed by atoms with Crippen LogP contribution in [0.25, 0.3) is 0 Å². The number of rotatable bonds is 7. The van der Waals surface area contributed by atoms with Gasteiger partial charge in [-0.15, -0.1) is 10.2 Å². The van der Waals surface area contributed by atoms with E-state index in [1.165, 1.54) is 13.2 Å². The lowest BCUT2D eigenvalue weighted by Gasteiger charge is -2.27. The number of alkyl halides is 3. The van der Waals surface area contributed by atoms with Crippen LogP contribution in [0.4, 0.5) is 23.8 Å². The number of carbonyl (C=O) groups is 2. The first-order chi connectivity index (χ1) is 13.4. The highest BCUT2D eigenvalue weighted by atomic mass is 35.5. The first kappa shape index (κ1) is 23.1. The van der Waals surface area contributed by atoms with Crippen LogP contribution < -0.4 is 10.6 Å². The molecule has 0 radical (unpaired) electrons. The zero-order valence-corrected chi connectivity index (χ0v) is 17.2. The molecule has 29 heavy (non-hydrogen) atoms. The van der Waals surface area contributed by atoms with Gasteiger partial charge in [-0.3, -0.25) is 4.79 Å². The first-order valence-corrected chi connectivity index (χ1v) is 9.25. The summed E-state index contributed by atoms with van der Waals surface area (Å²) in [6.07, 6.45) is -4.01. The van der Waals surface area contributed by atoms with Gasteiger partial charge in [-0.25, -0.2) is 4.79 Å². The van der Waals surface area contributed by atoms with Gasteiger partial charge >= 0.3 is 12.2 Å². The number of ether oxygens (including phenoxy) is 1. The topological polar surface area (TPSA) is 96.5 Å². The first-order valence-electron chi connectivity index (χ1n) is 8.88. The average molecular weight is 438 g/mol. The van der Waals surface area contributed by atoms with Crippen molar-refractivity contribution in [2.45, 2.75) is 45.5 Å². The smallest absolute Gasteiger partial charge is 0.382 e. The molecule has 1 saturated heterocycles. The van der Waals surface area contributed by atoms with Gasteiger partial charge in [0, 0.05) is 18.1 Å². The predicted octanol–water partition coefficient (Wildman–Crippen LogP) is 3.15. The van der Waals surface area contributed by atoms with Gasteiger partial charge < -0.3 is 20.3 Å². The van der Waals surface area contributed by atoms with Crippen molar-refractivity contribution in [1.29, 1.82) is 0 Å². The average Bonchev–Trinajstić information content (AvgIpc) is 3.03. The van der Waals surface area contributed by atoms with Crippen molar-refractivity contribution in [2.75, 3.05) is 25.6 Å². The van der Waals surface area contributed by atoms with Crippen molar-refractivity contribution < 1.29 is 27.5 Å². The molecule has 2 atom stereocenters. The van der Waals surface area contributed by atoms with Crippen molar-refractivity contribution in [3.8, 4) is 0 Å². The van der Waals surface area contributed by atoms with Gasteiger partial charge in [0.1, 0.15) is 6.04 Å². The highest BCUT2D eigenvalue weighted by Gasteiger charge is 2.48. The van der Waals surface area contributed by atoms with Gasteiger partial charge in [-0.1, -0.05) is 32.4 Å². The largest absolute Gasteiger partial charge is 0.410 e. The van der Waals surface area contributed by atoms with Crippen LogP contribution >= 0.6 is 11.6 Å². The van der Waals surface area contributed by atoms with E-state index in [9.17, 15) is 22.8 Å². The standard InChI is InChI=1S/C17H23ClF3N5O3/c1-5-16(2,3)14(27)23-12-6-9(13(18)25-24-12)10(8-29-4)26-7-11(17(19,20)21)22-15(26)28/h6,10-11H,5,7-8H2,1-4H3,(H,22,28)(H,23,24,27)/t10?,11-/m0/s1. The molecule has 12 heteroatoms. The number of anilines is 1. The molecule has 0 spiro atoms. The monoisotopic (exact) mass is 437 g/mol. The van der Waals surface area contributed by atoms with Crippen LogP contribution in [0.1, 0.15) is 38.8 Å². The van der Waals surface area contributed by atoms with Gasteiger partial charge in [-0.2, -0.15) is 13.2 Å².